The van der Waals surface area contributed by atoms with Gasteiger partial charge in [0.2, 0.25) is 0 Å². The van der Waals surface area contributed by atoms with Gasteiger partial charge in [-0.1, -0.05) is 17.9 Å². The normalized spacial score (nSPS) is 7.80. The average molecular weight is 125 g/mol. The number of benzene rings is 1. The summed E-state index contributed by atoms with van der Waals surface area (Å²) in [5.74, 6) is 4.90. The highest BCUT2D eigenvalue weighted by Crippen LogP contribution is 1.99. The van der Waals surface area contributed by atoms with Crippen molar-refractivity contribution in [2.75, 3.05) is 0 Å². The lowest BCUT2D eigenvalue weighted by molar-refractivity contribution is 1.58. The van der Waals surface area contributed by atoms with Crippen molar-refractivity contribution >= 4 is 0 Å². The lowest BCUT2D eigenvalue weighted by atomic mass is 10.1. The smallest absolute Gasteiger partial charge is 0.0334 e. The molecule has 0 nitrogen and oxygen atoms in total. The van der Waals surface area contributed by atoms with Gasteiger partial charge in [-0.05, 0) is 12.1 Å². The Kier molecular flexibility index (Phi) is 1.78. The van der Waals surface area contributed by atoms with Gasteiger partial charge in [-0.3, -0.25) is 0 Å². The van der Waals surface area contributed by atoms with Gasteiger partial charge in [0.25, 0.3) is 0 Å². The first-order valence-electron chi connectivity index (χ1n) is 2.82. The largest absolute Gasteiger partial charge is 0.115 e. The van der Waals surface area contributed by atoms with Crippen LogP contribution in [0.1, 0.15) is 11.1 Å². The number of rotatable bonds is 0. The van der Waals surface area contributed by atoms with Crippen molar-refractivity contribution in [2.45, 2.75) is 0 Å². The molecule has 0 aromatic heterocycles. The first-order chi connectivity index (χ1) is 4.86. The summed E-state index contributed by atoms with van der Waals surface area (Å²) in [5.41, 5.74) is 1.41. The van der Waals surface area contributed by atoms with E-state index in [4.69, 9.17) is 12.8 Å². The zero-order valence-electron chi connectivity index (χ0n) is 5.39. The Morgan fingerprint density at radius 2 is 1.60 bits per heavy atom. The van der Waals surface area contributed by atoms with Crippen molar-refractivity contribution in [2.24, 2.45) is 0 Å². The molecule has 0 saturated heterocycles. The fourth-order valence-electron chi connectivity index (χ4n) is 0.637. The summed E-state index contributed by atoms with van der Waals surface area (Å²) in [6, 6.07) is 8.28. The van der Waals surface area contributed by atoms with E-state index in [0.29, 0.717) is 11.1 Å². The summed E-state index contributed by atoms with van der Waals surface area (Å²) in [4.78, 5) is 0. The first kappa shape index (κ1) is 6.46. The predicted octanol–water partition coefficient (Wildman–Crippen LogP) is 1.45. The van der Waals surface area contributed by atoms with Gasteiger partial charge in [-0.15, -0.1) is 12.8 Å². The Labute approximate surface area is 60.9 Å². The number of terminal acetylenes is 2. The molecule has 0 saturated carbocycles. The lowest BCUT2D eigenvalue weighted by Gasteiger charge is -1.88. The van der Waals surface area contributed by atoms with Gasteiger partial charge in [0.1, 0.15) is 0 Å². The van der Waals surface area contributed by atoms with Crippen LogP contribution in [-0.4, -0.2) is 0 Å². The van der Waals surface area contributed by atoms with E-state index >= 15 is 0 Å². The number of hydrogen-bond donors (Lipinski definition) is 0. The molecular formula is C10H5. The molecule has 0 fully saturated rings. The van der Waals surface area contributed by atoms with Crippen LogP contribution in [0.25, 0.3) is 0 Å². The van der Waals surface area contributed by atoms with Gasteiger partial charge in [-0.2, -0.15) is 0 Å². The van der Waals surface area contributed by atoms with Crippen LogP contribution in [0.4, 0.5) is 0 Å². The summed E-state index contributed by atoms with van der Waals surface area (Å²) in [6.07, 6.45) is 10.2. The minimum absolute atomic E-state index is 0.704. The molecule has 0 spiro atoms. The molecule has 1 rings (SSSR count). The second-order valence-corrected chi connectivity index (χ2v) is 1.77. The van der Waals surface area contributed by atoms with E-state index in [2.05, 4.69) is 17.9 Å². The average Bonchev–Trinajstić information content (AvgIpc) is 2.05. The van der Waals surface area contributed by atoms with Crippen LogP contribution in [0.15, 0.2) is 18.2 Å². The van der Waals surface area contributed by atoms with Crippen LogP contribution in [0, 0.1) is 30.8 Å². The Hall–Kier alpha value is -1.66. The molecule has 0 aliphatic carbocycles. The molecule has 1 aromatic carbocycles. The van der Waals surface area contributed by atoms with Gasteiger partial charge < -0.3 is 0 Å². The number of hydrogen-bond acceptors (Lipinski definition) is 0. The second-order valence-electron chi connectivity index (χ2n) is 1.77. The molecule has 0 N–H and O–H groups in total. The SMILES string of the molecule is C#Cc1[c]c(C#C)ccc1. The van der Waals surface area contributed by atoms with E-state index < -0.39 is 0 Å². The topological polar surface area (TPSA) is 0 Å². The van der Waals surface area contributed by atoms with Gasteiger partial charge in [0.05, 0.1) is 0 Å². The molecule has 1 radical (unpaired) electrons. The molecule has 10 heavy (non-hydrogen) atoms. The van der Waals surface area contributed by atoms with E-state index in [9.17, 15) is 0 Å². The van der Waals surface area contributed by atoms with Crippen LogP contribution in [0.3, 0.4) is 0 Å². The van der Waals surface area contributed by atoms with Crippen LogP contribution in [0.5, 0.6) is 0 Å². The van der Waals surface area contributed by atoms with Crippen molar-refractivity contribution in [1.82, 2.24) is 0 Å². The summed E-state index contributed by atoms with van der Waals surface area (Å²) in [7, 11) is 0. The molecule has 0 bridgehead atoms. The minimum Gasteiger partial charge on any atom is -0.115 e. The summed E-state index contributed by atoms with van der Waals surface area (Å²) < 4.78 is 0. The van der Waals surface area contributed by atoms with Gasteiger partial charge in [0.15, 0.2) is 0 Å². The summed E-state index contributed by atoms with van der Waals surface area (Å²) in [6.45, 7) is 0. The van der Waals surface area contributed by atoms with Gasteiger partial charge in [0, 0.05) is 17.2 Å². The Morgan fingerprint density at radius 3 is 2.00 bits per heavy atom. The molecule has 0 unspecified atom stereocenters. The van der Waals surface area contributed by atoms with E-state index in [1.54, 1.807) is 12.1 Å². The molecule has 45 valence electrons. The van der Waals surface area contributed by atoms with Gasteiger partial charge >= 0.3 is 0 Å². The van der Waals surface area contributed by atoms with E-state index in [0.717, 1.165) is 0 Å². The van der Waals surface area contributed by atoms with Gasteiger partial charge in [-0.25, -0.2) is 0 Å². The first-order valence-corrected chi connectivity index (χ1v) is 2.82. The van der Waals surface area contributed by atoms with E-state index in [-0.39, 0.29) is 0 Å². The van der Waals surface area contributed by atoms with Crippen LogP contribution in [0.2, 0.25) is 0 Å². The van der Waals surface area contributed by atoms with Crippen molar-refractivity contribution in [3.63, 3.8) is 0 Å². The minimum atomic E-state index is 0.704. The molecule has 0 aliphatic heterocycles. The quantitative estimate of drug-likeness (QED) is 0.460. The van der Waals surface area contributed by atoms with Crippen LogP contribution >= 0.6 is 0 Å². The van der Waals surface area contributed by atoms with Crippen LogP contribution in [-0.2, 0) is 0 Å². The van der Waals surface area contributed by atoms with Crippen molar-refractivity contribution in [3.05, 3.63) is 35.4 Å². The maximum atomic E-state index is 5.12. The van der Waals surface area contributed by atoms with E-state index in [1.807, 2.05) is 6.07 Å². The highest BCUT2D eigenvalue weighted by atomic mass is 13.9. The molecule has 1 aromatic rings. The second kappa shape index (κ2) is 2.76. The Bertz CT molecular complexity index is 278. The monoisotopic (exact) mass is 125 g/mol. The fourth-order valence-corrected chi connectivity index (χ4v) is 0.637. The highest BCUT2D eigenvalue weighted by molar-refractivity contribution is 5.40. The third kappa shape index (κ3) is 1.19. The third-order valence-electron chi connectivity index (χ3n) is 1.11. The van der Waals surface area contributed by atoms with Crippen molar-refractivity contribution in [1.29, 1.82) is 0 Å². The van der Waals surface area contributed by atoms with E-state index in [1.165, 1.54) is 0 Å². The lowest BCUT2D eigenvalue weighted by Crippen LogP contribution is -1.76. The Morgan fingerprint density at radius 1 is 1.10 bits per heavy atom. The zero-order valence-corrected chi connectivity index (χ0v) is 5.39. The molecular weight excluding hydrogens is 120 g/mol. The highest BCUT2D eigenvalue weighted by Gasteiger charge is 1.87. The Balaban J connectivity index is 3.17. The maximum Gasteiger partial charge on any atom is 0.0334 e. The maximum absolute atomic E-state index is 5.12. The third-order valence-corrected chi connectivity index (χ3v) is 1.11. The summed E-state index contributed by atoms with van der Waals surface area (Å²) >= 11 is 0. The molecule has 0 heteroatoms. The van der Waals surface area contributed by atoms with Crippen molar-refractivity contribution in [3.8, 4) is 24.7 Å². The molecule has 0 heterocycles. The molecule has 0 aliphatic rings. The molecule has 0 atom stereocenters. The predicted molar refractivity (Wildman–Crippen MR) is 41.1 cm³/mol. The summed E-state index contributed by atoms with van der Waals surface area (Å²) in [5, 5.41) is 0. The van der Waals surface area contributed by atoms with Crippen molar-refractivity contribution < 1.29 is 0 Å². The standard InChI is InChI=1S/C10H5/c1-3-9-6-5-7-10(4-2)8-9/h1-2,5-7H. The van der Waals surface area contributed by atoms with Crippen LogP contribution < -0.4 is 0 Å². The molecule has 0 amide bonds. The fraction of sp³-hybridized carbons (Fsp3) is 0. The zero-order chi connectivity index (χ0) is 7.40.